The third-order valence-electron chi connectivity index (χ3n) is 3.25. The Balaban J connectivity index is 0.00000133. The van der Waals surface area contributed by atoms with E-state index < -0.39 is 0 Å². The van der Waals surface area contributed by atoms with Crippen LogP contribution >= 0.6 is 0 Å². The summed E-state index contributed by atoms with van der Waals surface area (Å²) in [4.78, 5) is 3.39. The van der Waals surface area contributed by atoms with Crippen LogP contribution in [-0.4, -0.2) is 4.98 Å². The highest BCUT2D eigenvalue weighted by Crippen LogP contribution is 2.21. The molecule has 0 saturated heterocycles. The lowest BCUT2D eigenvalue weighted by atomic mass is 10.0. The van der Waals surface area contributed by atoms with Gasteiger partial charge in [-0.2, -0.15) is 0 Å². The molecule has 0 spiro atoms. The number of nitrogens with two attached hydrogens (primary N) is 1. The van der Waals surface area contributed by atoms with Crippen LogP contribution in [0, 0.1) is 0 Å². The number of hydrogen-bond acceptors (Lipinski definition) is 1. The van der Waals surface area contributed by atoms with Crippen LogP contribution in [0.3, 0.4) is 0 Å². The first-order valence-corrected chi connectivity index (χ1v) is 6.20. The number of aromatic nitrogens is 1. The number of rotatable bonds is 3. The third kappa shape index (κ3) is 2.85. The number of para-hydroxylation sites is 1. The molecule has 3 rings (SSSR count). The molecule has 0 saturated carbocycles. The monoisotopic (exact) mass is 252 g/mol. The van der Waals surface area contributed by atoms with E-state index in [1.54, 1.807) is 0 Å². The van der Waals surface area contributed by atoms with Crippen LogP contribution < -0.4 is 5.73 Å². The SMILES string of the molecule is C.N[C@@H](Cc1ccccc1)c1cc2ccccc2[nH]1. The lowest BCUT2D eigenvalue weighted by molar-refractivity contribution is 0.704. The van der Waals surface area contributed by atoms with E-state index in [0.717, 1.165) is 17.6 Å². The van der Waals surface area contributed by atoms with Gasteiger partial charge in [-0.15, -0.1) is 0 Å². The Morgan fingerprint density at radius 1 is 0.947 bits per heavy atom. The summed E-state index contributed by atoms with van der Waals surface area (Å²) in [5.74, 6) is 0. The van der Waals surface area contributed by atoms with Crippen LogP contribution in [0.25, 0.3) is 10.9 Å². The number of fused-ring (bicyclic) bond motifs is 1. The molecule has 1 aromatic heterocycles. The van der Waals surface area contributed by atoms with Gasteiger partial charge < -0.3 is 10.7 Å². The van der Waals surface area contributed by atoms with E-state index in [0.29, 0.717) is 0 Å². The van der Waals surface area contributed by atoms with Crippen LogP contribution in [0.4, 0.5) is 0 Å². The maximum absolute atomic E-state index is 6.26. The van der Waals surface area contributed by atoms with E-state index in [1.165, 1.54) is 10.9 Å². The van der Waals surface area contributed by atoms with Gasteiger partial charge in [0.05, 0.1) is 0 Å². The fourth-order valence-corrected chi connectivity index (χ4v) is 2.27. The van der Waals surface area contributed by atoms with Crippen molar-refractivity contribution in [1.82, 2.24) is 4.98 Å². The molecule has 0 aliphatic carbocycles. The van der Waals surface area contributed by atoms with Gasteiger partial charge in [0.25, 0.3) is 0 Å². The quantitative estimate of drug-likeness (QED) is 0.725. The largest absolute Gasteiger partial charge is 0.357 e. The lowest BCUT2D eigenvalue weighted by Crippen LogP contribution is -2.13. The molecule has 0 aliphatic heterocycles. The molecule has 2 aromatic carbocycles. The van der Waals surface area contributed by atoms with E-state index in [1.807, 2.05) is 30.3 Å². The molecule has 3 aromatic rings. The summed E-state index contributed by atoms with van der Waals surface area (Å²) in [5, 5.41) is 1.22. The summed E-state index contributed by atoms with van der Waals surface area (Å²) in [6, 6.07) is 20.8. The molecule has 1 heterocycles. The predicted molar refractivity (Wildman–Crippen MR) is 82.1 cm³/mol. The van der Waals surface area contributed by atoms with Crippen molar-refractivity contribution in [2.24, 2.45) is 5.73 Å². The summed E-state index contributed by atoms with van der Waals surface area (Å²) in [6.07, 6.45) is 0.855. The molecule has 1 atom stereocenters. The molecule has 0 bridgehead atoms. The van der Waals surface area contributed by atoms with Crippen molar-refractivity contribution >= 4 is 10.9 Å². The molecular weight excluding hydrogens is 232 g/mol. The minimum absolute atomic E-state index is 0. The fraction of sp³-hybridized carbons (Fsp3) is 0.176. The Labute approximate surface area is 114 Å². The number of nitrogens with one attached hydrogen (secondary N) is 1. The second kappa shape index (κ2) is 5.72. The number of aromatic amines is 1. The normalized spacial score (nSPS) is 12.1. The van der Waals surface area contributed by atoms with Crippen molar-refractivity contribution in [2.75, 3.05) is 0 Å². The number of hydrogen-bond donors (Lipinski definition) is 2. The molecule has 0 fully saturated rings. The van der Waals surface area contributed by atoms with E-state index in [-0.39, 0.29) is 13.5 Å². The molecule has 0 amide bonds. The zero-order valence-corrected chi connectivity index (χ0v) is 10.1. The Bertz CT molecular complexity index is 607. The van der Waals surface area contributed by atoms with Crippen molar-refractivity contribution in [1.29, 1.82) is 0 Å². The van der Waals surface area contributed by atoms with Gasteiger partial charge >= 0.3 is 0 Å². The molecule has 0 unspecified atom stereocenters. The third-order valence-corrected chi connectivity index (χ3v) is 3.25. The Hall–Kier alpha value is -2.06. The van der Waals surface area contributed by atoms with Crippen molar-refractivity contribution < 1.29 is 0 Å². The molecule has 3 N–H and O–H groups in total. The summed E-state index contributed by atoms with van der Waals surface area (Å²) in [5.41, 5.74) is 9.77. The highest BCUT2D eigenvalue weighted by Gasteiger charge is 2.09. The van der Waals surface area contributed by atoms with Crippen LogP contribution in [0.1, 0.15) is 24.7 Å². The van der Waals surface area contributed by atoms with Crippen molar-refractivity contribution in [3.8, 4) is 0 Å². The maximum atomic E-state index is 6.26. The molecule has 0 radical (unpaired) electrons. The van der Waals surface area contributed by atoms with Gasteiger partial charge in [-0.3, -0.25) is 0 Å². The minimum Gasteiger partial charge on any atom is -0.357 e. The first-order chi connectivity index (χ1) is 8.83. The van der Waals surface area contributed by atoms with E-state index in [4.69, 9.17) is 5.73 Å². The van der Waals surface area contributed by atoms with Crippen molar-refractivity contribution in [3.63, 3.8) is 0 Å². The average Bonchev–Trinajstić information content (AvgIpc) is 2.84. The molecule has 98 valence electrons. The highest BCUT2D eigenvalue weighted by molar-refractivity contribution is 5.80. The van der Waals surface area contributed by atoms with E-state index in [9.17, 15) is 0 Å². The van der Waals surface area contributed by atoms with Crippen LogP contribution in [0.5, 0.6) is 0 Å². The van der Waals surface area contributed by atoms with Crippen LogP contribution in [0.15, 0.2) is 60.7 Å². The number of benzene rings is 2. The van der Waals surface area contributed by atoms with Crippen molar-refractivity contribution in [2.45, 2.75) is 19.9 Å². The zero-order valence-electron chi connectivity index (χ0n) is 10.1. The van der Waals surface area contributed by atoms with E-state index >= 15 is 0 Å². The van der Waals surface area contributed by atoms with Crippen LogP contribution in [0.2, 0.25) is 0 Å². The zero-order chi connectivity index (χ0) is 12.4. The Kier molecular flexibility index (Phi) is 4.03. The molecule has 2 nitrogen and oxygen atoms in total. The molecule has 2 heteroatoms. The second-order valence-corrected chi connectivity index (χ2v) is 4.61. The standard InChI is InChI=1S/C16H16N2.CH4/c17-14(10-12-6-2-1-3-7-12)16-11-13-8-4-5-9-15(13)18-16;/h1-9,11,14,18H,10,17H2;1H4/t14-;/m0./s1. The fourth-order valence-electron chi connectivity index (χ4n) is 2.27. The van der Waals surface area contributed by atoms with E-state index in [2.05, 4.69) is 35.3 Å². The summed E-state index contributed by atoms with van der Waals surface area (Å²) >= 11 is 0. The average molecular weight is 252 g/mol. The Morgan fingerprint density at radius 3 is 2.37 bits per heavy atom. The van der Waals surface area contributed by atoms with Gasteiger partial charge in [-0.25, -0.2) is 0 Å². The molecule has 19 heavy (non-hydrogen) atoms. The van der Waals surface area contributed by atoms with Gasteiger partial charge in [-0.05, 0) is 29.5 Å². The predicted octanol–water partition coefficient (Wildman–Crippen LogP) is 4.05. The second-order valence-electron chi connectivity index (χ2n) is 4.61. The van der Waals surface area contributed by atoms with Crippen molar-refractivity contribution in [3.05, 3.63) is 71.9 Å². The lowest BCUT2D eigenvalue weighted by Gasteiger charge is -2.09. The molecular formula is C17H20N2. The van der Waals surface area contributed by atoms with Gasteiger partial charge in [0.1, 0.15) is 0 Å². The first kappa shape index (κ1) is 13.4. The van der Waals surface area contributed by atoms with Gasteiger partial charge in [0, 0.05) is 17.3 Å². The van der Waals surface area contributed by atoms with Crippen LogP contribution in [-0.2, 0) is 6.42 Å². The van der Waals surface area contributed by atoms with Gasteiger partial charge in [-0.1, -0.05) is 56.0 Å². The topological polar surface area (TPSA) is 41.8 Å². The summed E-state index contributed by atoms with van der Waals surface area (Å²) in [6.45, 7) is 0. The van der Waals surface area contributed by atoms with Gasteiger partial charge in [0.15, 0.2) is 0 Å². The summed E-state index contributed by atoms with van der Waals surface area (Å²) in [7, 11) is 0. The smallest absolute Gasteiger partial charge is 0.0489 e. The van der Waals surface area contributed by atoms with Gasteiger partial charge in [0.2, 0.25) is 0 Å². The molecule has 0 aliphatic rings. The maximum Gasteiger partial charge on any atom is 0.0489 e. The first-order valence-electron chi connectivity index (χ1n) is 6.20. The Morgan fingerprint density at radius 2 is 1.63 bits per heavy atom. The minimum atomic E-state index is 0. The highest BCUT2D eigenvalue weighted by atomic mass is 14.8. The number of H-pyrrole nitrogens is 1. The summed E-state index contributed by atoms with van der Waals surface area (Å²) < 4.78 is 0.